The van der Waals surface area contributed by atoms with E-state index in [4.69, 9.17) is 10.5 Å². The first-order chi connectivity index (χ1) is 8.49. The zero-order chi connectivity index (χ0) is 13.5. The van der Waals surface area contributed by atoms with Crippen molar-refractivity contribution in [2.45, 2.75) is 39.3 Å². The summed E-state index contributed by atoms with van der Waals surface area (Å²) in [6.45, 7) is 6.27. The van der Waals surface area contributed by atoms with E-state index in [1.165, 1.54) is 0 Å². The molecular formula is C14H22N2O2. The first-order valence-electron chi connectivity index (χ1n) is 6.28. The normalized spacial score (nSPS) is 12.3. The number of carbonyl (C=O) groups is 1. The Balaban J connectivity index is 2.37. The molecule has 4 nitrogen and oxygen atoms in total. The van der Waals surface area contributed by atoms with Crippen molar-refractivity contribution in [3.63, 3.8) is 0 Å². The third-order valence-corrected chi connectivity index (χ3v) is 2.42. The van der Waals surface area contributed by atoms with Crippen molar-refractivity contribution in [3.05, 3.63) is 29.8 Å². The van der Waals surface area contributed by atoms with E-state index < -0.39 is 6.04 Å². The maximum Gasteiger partial charge on any atom is 0.236 e. The molecule has 1 amide bonds. The van der Waals surface area contributed by atoms with Crippen LogP contribution in [0, 0.1) is 0 Å². The molecule has 0 aliphatic rings. The highest BCUT2D eigenvalue weighted by Crippen LogP contribution is 2.13. The molecule has 0 saturated carbocycles. The van der Waals surface area contributed by atoms with Gasteiger partial charge in [-0.05, 0) is 44.9 Å². The largest absolute Gasteiger partial charge is 0.491 e. The van der Waals surface area contributed by atoms with Gasteiger partial charge in [0.25, 0.3) is 0 Å². The van der Waals surface area contributed by atoms with Crippen LogP contribution in [0.25, 0.3) is 0 Å². The van der Waals surface area contributed by atoms with Gasteiger partial charge in [0.1, 0.15) is 5.75 Å². The monoisotopic (exact) mass is 250 g/mol. The van der Waals surface area contributed by atoms with Gasteiger partial charge in [-0.25, -0.2) is 0 Å². The third kappa shape index (κ3) is 5.19. The molecule has 100 valence electrons. The Bertz CT molecular complexity index is 372. The number of nitrogens with one attached hydrogen (secondary N) is 1. The lowest BCUT2D eigenvalue weighted by molar-refractivity contribution is -0.121. The van der Waals surface area contributed by atoms with Gasteiger partial charge in [0.15, 0.2) is 0 Å². The molecular weight excluding hydrogens is 228 g/mol. The molecule has 0 heterocycles. The van der Waals surface area contributed by atoms with Crippen molar-refractivity contribution in [1.82, 2.24) is 5.32 Å². The van der Waals surface area contributed by atoms with Crippen LogP contribution >= 0.6 is 0 Å². The molecule has 0 saturated heterocycles. The summed E-state index contributed by atoms with van der Waals surface area (Å²) in [5.41, 5.74) is 6.62. The van der Waals surface area contributed by atoms with E-state index >= 15 is 0 Å². The molecule has 0 spiro atoms. The van der Waals surface area contributed by atoms with Gasteiger partial charge < -0.3 is 15.8 Å². The summed E-state index contributed by atoms with van der Waals surface area (Å²) in [6.07, 6.45) is 0.974. The summed E-state index contributed by atoms with van der Waals surface area (Å²) in [6, 6.07) is 7.46. The van der Waals surface area contributed by atoms with E-state index in [0.717, 1.165) is 17.7 Å². The van der Waals surface area contributed by atoms with E-state index in [0.29, 0.717) is 6.54 Å². The van der Waals surface area contributed by atoms with Crippen molar-refractivity contribution in [2.24, 2.45) is 5.73 Å². The summed E-state index contributed by atoms with van der Waals surface area (Å²) in [7, 11) is 0. The van der Waals surface area contributed by atoms with Crippen LogP contribution < -0.4 is 15.8 Å². The highest BCUT2D eigenvalue weighted by atomic mass is 16.5. The molecule has 3 N–H and O–H groups in total. The van der Waals surface area contributed by atoms with E-state index in [1.807, 2.05) is 38.1 Å². The van der Waals surface area contributed by atoms with Gasteiger partial charge in [-0.15, -0.1) is 0 Å². The molecule has 18 heavy (non-hydrogen) atoms. The van der Waals surface area contributed by atoms with Crippen molar-refractivity contribution < 1.29 is 9.53 Å². The molecule has 1 aromatic rings. The summed E-state index contributed by atoms with van der Waals surface area (Å²) in [5.74, 6) is 0.753. The van der Waals surface area contributed by atoms with Gasteiger partial charge >= 0.3 is 0 Å². The van der Waals surface area contributed by atoms with Crippen LogP contribution in [-0.2, 0) is 11.2 Å². The molecule has 0 unspecified atom stereocenters. The fourth-order valence-electron chi connectivity index (χ4n) is 1.50. The van der Waals surface area contributed by atoms with Crippen molar-refractivity contribution >= 4 is 5.91 Å². The lowest BCUT2D eigenvalue weighted by atomic mass is 10.1. The summed E-state index contributed by atoms with van der Waals surface area (Å²) in [4.78, 5) is 11.3. The number of rotatable bonds is 6. The van der Waals surface area contributed by atoms with Gasteiger partial charge in [0.05, 0.1) is 12.1 Å². The number of hydrogen-bond donors (Lipinski definition) is 2. The highest BCUT2D eigenvalue weighted by Gasteiger charge is 2.05. The zero-order valence-electron chi connectivity index (χ0n) is 11.3. The van der Waals surface area contributed by atoms with Crippen LogP contribution in [0.15, 0.2) is 24.3 Å². The zero-order valence-corrected chi connectivity index (χ0v) is 11.3. The number of ether oxygens (including phenoxy) is 1. The Hall–Kier alpha value is -1.55. The Labute approximate surface area is 109 Å². The minimum absolute atomic E-state index is 0.116. The predicted molar refractivity (Wildman–Crippen MR) is 72.6 cm³/mol. The van der Waals surface area contributed by atoms with Gasteiger partial charge in [0, 0.05) is 6.54 Å². The van der Waals surface area contributed by atoms with Gasteiger partial charge in [-0.1, -0.05) is 12.1 Å². The molecule has 1 atom stereocenters. The average molecular weight is 250 g/mol. The standard InChI is InChI=1S/C14H22N2O2/c1-10(2)18-13-6-4-12(5-7-13)8-9-16-14(17)11(3)15/h4-7,10-11H,8-9,15H2,1-3H3,(H,16,17)/t11-/m1/s1. The van der Waals surface area contributed by atoms with Crippen LogP contribution in [0.3, 0.4) is 0 Å². The molecule has 1 aromatic carbocycles. The maximum atomic E-state index is 11.3. The van der Waals surface area contributed by atoms with Gasteiger partial charge in [-0.2, -0.15) is 0 Å². The smallest absolute Gasteiger partial charge is 0.236 e. The second-order valence-electron chi connectivity index (χ2n) is 4.64. The Morgan fingerprint density at radius 2 is 1.89 bits per heavy atom. The quantitative estimate of drug-likeness (QED) is 0.803. The number of nitrogens with two attached hydrogens (primary N) is 1. The van der Waals surface area contributed by atoms with E-state index in [2.05, 4.69) is 5.32 Å². The second-order valence-corrected chi connectivity index (χ2v) is 4.64. The SMILES string of the molecule is CC(C)Oc1ccc(CCNC(=O)[C@@H](C)N)cc1. The first-order valence-corrected chi connectivity index (χ1v) is 6.28. The number of amides is 1. The molecule has 1 rings (SSSR count). The van der Waals surface area contributed by atoms with Gasteiger partial charge in [0.2, 0.25) is 5.91 Å². The summed E-state index contributed by atoms with van der Waals surface area (Å²) in [5, 5.41) is 2.78. The van der Waals surface area contributed by atoms with Crippen molar-refractivity contribution in [3.8, 4) is 5.75 Å². The number of carbonyl (C=O) groups excluding carboxylic acids is 1. The summed E-state index contributed by atoms with van der Waals surface area (Å²) >= 11 is 0. The fraction of sp³-hybridized carbons (Fsp3) is 0.500. The molecule has 0 fully saturated rings. The van der Waals surface area contributed by atoms with Crippen LogP contribution in [0.5, 0.6) is 5.75 Å². The molecule has 0 aliphatic carbocycles. The van der Waals surface area contributed by atoms with E-state index in [9.17, 15) is 4.79 Å². The lowest BCUT2D eigenvalue weighted by Crippen LogP contribution is -2.39. The van der Waals surface area contributed by atoms with E-state index in [-0.39, 0.29) is 12.0 Å². The van der Waals surface area contributed by atoms with Crippen LogP contribution in [0.4, 0.5) is 0 Å². The highest BCUT2D eigenvalue weighted by molar-refractivity contribution is 5.80. The minimum Gasteiger partial charge on any atom is -0.491 e. The van der Waals surface area contributed by atoms with Crippen molar-refractivity contribution in [2.75, 3.05) is 6.54 Å². The maximum absolute atomic E-state index is 11.3. The van der Waals surface area contributed by atoms with Crippen LogP contribution in [0.1, 0.15) is 26.3 Å². The Morgan fingerprint density at radius 1 is 1.28 bits per heavy atom. The molecule has 4 heteroatoms. The number of benzene rings is 1. The Morgan fingerprint density at radius 3 is 2.39 bits per heavy atom. The lowest BCUT2D eigenvalue weighted by Gasteiger charge is -2.10. The third-order valence-electron chi connectivity index (χ3n) is 2.42. The second kappa shape index (κ2) is 7.01. The van der Waals surface area contributed by atoms with Crippen LogP contribution in [0.2, 0.25) is 0 Å². The molecule has 0 aromatic heterocycles. The molecule has 0 radical (unpaired) electrons. The predicted octanol–water partition coefficient (Wildman–Crippen LogP) is 1.48. The summed E-state index contributed by atoms with van der Waals surface area (Å²) < 4.78 is 5.56. The molecule has 0 aliphatic heterocycles. The van der Waals surface area contributed by atoms with Crippen molar-refractivity contribution in [1.29, 1.82) is 0 Å². The minimum atomic E-state index is -0.452. The average Bonchev–Trinajstić information content (AvgIpc) is 2.30. The van der Waals surface area contributed by atoms with E-state index in [1.54, 1.807) is 6.92 Å². The molecule has 0 bridgehead atoms. The van der Waals surface area contributed by atoms with Crippen LogP contribution in [-0.4, -0.2) is 24.6 Å². The number of hydrogen-bond acceptors (Lipinski definition) is 3. The first kappa shape index (κ1) is 14.5. The topological polar surface area (TPSA) is 64.3 Å². The van der Waals surface area contributed by atoms with Gasteiger partial charge in [-0.3, -0.25) is 4.79 Å². The Kier molecular flexibility index (Phi) is 5.65. The fourth-order valence-corrected chi connectivity index (χ4v) is 1.50.